The fourth-order valence-corrected chi connectivity index (χ4v) is 5.98. The second kappa shape index (κ2) is 10.8. The molecule has 9 nitrogen and oxygen atoms in total. The van der Waals surface area contributed by atoms with E-state index in [9.17, 15) is 18.8 Å². The Labute approximate surface area is 231 Å². The maximum atomic E-state index is 14.3. The lowest BCUT2D eigenvalue weighted by Gasteiger charge is -2.45. The molecule has 1 spiro atoms. The molecule has 10 heteroatoms. The molecule has 6 rings (SSSR count). The number of halogens is 1. The van der Waals surface area contributed by atoms with Crippen molar-refractivity contribution >= 4 is 23.4 Å². The van der Waals surface area contributed by atoms with Crippen molar-refractivity contribution in [1.29, 1.82) is 0 Å². The molecule has 3 aromatic rings. The van der Waals surface area contributed by atoms with Crippen molar-refractivity contribution in [2.75, 3.05) is 50.8 Å². The predicted molar refractivity (Wildman–Crippen MR) is 144 cm³/mol. The Morgan fingerprint density at radius 2 is 1.48 bits per heavy atom. The summed E-state index contributed by atoms with van der Waals surface area (Å²) < 4.78 is 25.9. The number of piperidine rings is 1. The monoisotopic (exact) mass is 546 g/mol. The van der Waals surface area contributed by atoms with E-state index in [1.807, 2.05) is 11.0 Å². The van der Waals surface area contributed by atoms with E-state index in [2.05, 4.69) is 0 Å². The zero-order valence-corrected chi connectivity index (χ0v) is 22.1. The van der Waals surface area contributed by atoms with Crippen LogP contribution in [0.3, 0.4) is 0 Å². The highest BCUT2D eigenvalue weighted by molar-refractivity contribution is 5.98. The van der Waals surface area contributed by atoms with Gasteiger partial charge in [-0.05, 0) is 36.4 Å². The SMILES string of the molecule is O=C(c1ccco1)N1CCC2(CC1)OC[C@H](C(=O)N1CCN(c3ccccc3F)CC1)N2C(=O)c1ccccc1. The van der Waals surface area contributed by atoms with Crippen LogP contribution in [0.1, 0.15) is 33.8 Å². The van der Waals surface area contributed by atoms with Gasteiger partial charge in [0.1, 0.15) is 17.6 Å². The largest absolute Gasteiger partial charge is 0.459 e. The number of furan rings is 1. The van der Waals surface area contributed by atoms with Crippen LogP contribution < -0.4 is 4.90 Å². The van der Waals surface area contributed by atoms with E-state index in [-0.39, 0.29) is 35.9 Å². The zero-order valence-electron chi connectivity index (χ0n) is 22.1. The van der Waals surface area contributed by atoms with Gasteiger partial charge in [0, 0.05) is 57.7 Å². The van der Waals surface area contributed by atoms with Crippen LogP contribution in [0.25, 0.3) is 0 Å². The summed E-state index contributed by atoms with van der Waals surface area (Å²) in [6.45, 7) is 2.60. The molecule has 3 aliphatic heterocycles. The molecule has 40 heavy (non-hydrogen) atoms. The number of carbonyl (C=O) groups excluding carboxylic acids is 3. The number of piperazine rings is 1. The van der Waals surface area contributed by atoms with E-state index in [0.29, 0.717) is 63.4 Å². The first-order chi connectivity index (χ1) is 19.5. The average Bonchev–Trinajstić information content (AvgIpc) is 3.66. The van der Waals surface area contributed by atoms with E-state index < -0.39 is 11.8 Å². The van der Waals surface area contributed by atoms with Crippen LogP contribution in [0.5, 0.6) is 0 Å². The first-order valence-corrected chi connectivity index (χ1v) is 13.6. The minimum atomic E-state index is -0.998. The quantitative estimate of drug-likeness (QED) is 0.500. The minimum absolute atomic E-state index is 0.0804. The molecule has 0 N–H and O–H groups in total. The lowest BCUT2D eigenvalue weighted by Crippen LogP contribution is -2.61. The van der Waals surface area contributed by atoms with Gasteiger partial charge in [-0.2, -0.15) is 0 Å². The first kappa shape index (κ1) is 26.1. The molecule has 0 radical (unpaired) electrons. The number of para-hydroxylation sites is 1. The van der Waals surface area contributed by atoms with Crippen molar-refractivity contribution in [3.63, 3.8) is 0 Å². The third-order valence-electron chi connectivity index (χ3n) is 8.13. The summed E-state index contributed by atoms with van der Waals surface area (Å²) in [7, 11) is 0. The Morgan fingerprint density at radius 3 is 2.15 bits per heavy atom. The van der Waals surface area contributed by atoms with Crippen LogP contribution in [0.4, 0.5) is 10.1 Å². The fourth-order valence-electron chi connectivity index (χ4n) is 5.98. The maximum Gasteiger partial charge on any atom is 0.289 e. The van der Waals surface area contributed by atoms with E-state index in [4.69, 9.17) is 9.15 Å². The average molecular weight is 547 g/mol. The summed E-state index contributed by atoms with van der Waals surface area (Å²) in [6, 6.07) is 18.0. The highest BCUT2D eigenvalue weighted by Crippen LogP contribution is 2.39. The molecule has 0 saturated carbocycles. The Kier molecular flexibility index (Phi) is 7.02. The zero-order chi connectivity index (χ0) is 27.7. The van der Waals surface area contributed by atoms with Crippen molar-refractivity contribution in [1.82, 2.24) is 14.7 Å². The number of amides is 3. The molecule has 1 aromatic heterocycles. The van der Waals surface area contributed by atoms with Gasteiger partial charge in [0.05, 0.1) is 18.6 Å². The van der Waals surface area contributed by atoms with Gasteiger partial charge in [0.2, 0.25) is 5.91 Å². The van der Waals surface area contributed by atoms with Crippen molar-refractivity contribution in [2.24, 2.45) is 0 Å². The third-order valence-corrected chi connectivity index (χ3v) is 8.13. The van der Waals surface area contributed by atoms with Crippen molar-refractivity contribution in [3.8, 4) is 0 Å². The van der Waals surface area contributed by atoms with Gasteiger partial charge in [-0.15, -0.1) is 0 Å². The van der Waals surface area contributed by atoms with E-state index in [1.165, 1.54) is 12.3 Å². The molecule has 4 heterocycles. The van der Waals surface area contributed by atoms with Crippen LogP contribution in [-0.2, 0) is 9.53 Å². The van der Waals surface area contributed by atoms with Crippen molar-refractivity contribution in [3.05, 3.63) is 90.1 Å². The Morgan fingerprint density at radius 1 is 0.775 bits per heavy atom. The maximum absolute atomic E-state index is 14.3. The normalized spacial score (nSPS) is 20.7. The predicted octanol–water partition coefficient (Wildman–Crippen LogP) is 3.24. The molecule has 1 atom stereocenters. The lowest BCUT2D eigenvalue weighted by molar-refractivity contribution is -0.138. The first-order valence-electron chi connectivity index (χ1n) is 13.6. The summed E-state index contributed by atoms with van der Waals surface area (Å²) in [5.74, 6) is -0.678. The summed E-state index contributed by atoms with van der Waals surface area (Å²) in [4.78, 5) is 47.7. The van der Waals surface area contributed by atoms with Gasteiger partial charge in [-0.3, -0.25) is 19.3 Å². The highest BCUT2D eigenvalue weighted by Gasteiger charge is 2.55. The van der Waals surface area contributed by atoms with E-state index in [0.717, 1.165) is 0 Å². The Bertz CT molecular complexity index is 1370. The van der Waals surface area contributed by atoms with Crippen LogP contribution in [0.2, 0.25) is 0 Å². The molecule has 3 aliphatic rings. The van der Waals surface area contributed by atoms with Gasteiger partial charge in [-0.25, -0.2) is 4.39 Å². The number of rotatable bonds is 4. The molecular weight excluding hydrogens is 515 g/mol. The molecule has 0 unspecified atom stereocenters. The Balaban J connectivity index is 1.20. The van der Waals surface area contributed by atoms with Crippen LogP contribution in [-0.4, -0.2) is 90.1 Å². The van der Waals surface area contributed by atoms with E-state index >= 15 is 0 Å². The second-order valence-corrected chi connectivity index (χ2v) is 10.3. The minimum Gasteiger partial charge on any atom is -0.459 e. The van der Waals surface area contributed by atoms with Crippen LogP contribution in [0.15, 0.2) is 77.4 Å². The molecule has 0 aliphatic carbocycles. The number of hydrogen-bond acceptors (Lipinski definition) is 6. The van der Waals surface area contributed by atoms with Crippen molar-refractivity contribution < 1.29 is 27.9 Å². The number of anilines is 1. The summed E-state index contributed by atoms with van der Waals surface area (Å²) in [6.07, 6.45) is 2.22. The number of carbonyl (C=O) groups is 3. The molecular formula is C30H31FN4O5. The lowest BCUT2D eigenvalue weighted by atomic mass is 9.96. The second-order valence-electron chi connectivity index (χ2n) is 10.3. The molecule has 3 fully saturated rings. The molecule has 2 aromatic carbocycles. The van der Waals surface area contributed by atoms with Gasteiger partial charge in [0.25, 0.3) is 11.8 Å². The highest BCUT2D eigenvalue weighted by atomic mass is 19.1. The Hall–Kier alpha value is -4.18. The topological polar surface area (TPSA) is 86.5 Å². The molecule has 0 bridgehead atoms. The standard InChI is InChI=1S/C30H31FN4O5/c31-23-9-4-5-10-24(23)32-16-18-34(19-17-32)28(37)25-21-40-30(35(25)27(36)22-7-2-1-3-8-22)12-14-33(15-13-30)29(38)26-11-6-20-39-26/h1-11,20,25H,12-19,21H2/t25-/m1/s1. The van der Waals surface area contributed by atoms with Gasteiger partial charge >= 0.3 is 0 Å². The van der Waals surface area contributed by atoms with Crippen LogP contribution in [0, 0.1) is 5.82 Å². The van der Waals surface area contributed by atoms with Crippen LogP contribution >= 0.6 is 0 Å². The number of hydrogen-bond donors (Lipinski definition) is 0. The third kappa shape index (κ3) is 4.72. The molecule has 3 saturated heterocycles. The van der Waals surface area contributed by atoms with Gasteiger partial charge in [0.15, 0.2) is 5.76 Å². The van der Waals surface area contributed by atoms with Gasteiger partial charge < -0.3 is 23.9 Å². The number of ether oxygens (including phenoxy) is 1. The fraction of sp³-hybridized carbons (Fsp3) is 0.367. The molecule has 208 valence electrons. The number of likely N-dealkylation sites (tertiary alicyclic amines) is 1. The smallest absolute Gasteiger partial charge is 0.289 e. The summed E-state index contributed by atoms with van der Waals surface area (Å²) in [5, 5.41) is 0. The summed E-state index contributed by atoms with van der Waals surface area (Å²) in [5.41, 5.74) is 0.000434. The number of benzene rings is 2. The molecule has 3 amide bonds. The van der Waals surface area contributed by atoms with Gasteiger partial charge in [-0.1, -0.05) is 30.3 Å². The summed E-state index contributed by atoms with van der Waals surface area (Å²) >= 11 is 0. The van der Waals surface area contributed by atoms with Crippen molar-refractivity contribution in [2.45, 2.75) is 24.6 Å². The number of nitrogens with zero attached hydrogens (tertiary/aromatic N) is 4. The van der Waals surface area contributed by atoms with E-state index in [1.54, 1.807) is 69.3 Å².